The molecule has 0 bridgehead atoms. The van der Waals surface area contributed by atoms with Gasteiger partial charge in [-0.2, -0.15) is 0 Å². The first-order chi connectivity index (χ1) is 8.95. The number of carbonyl (C=O) groups is 1. The van der Waals surface area contributed by atoms with E-state index in [9.17, 15) is 13.2 Å². The van der Waals surface area contributed by atoms with Crippen LogP contribution in [0.4, 0.5) is 16.4 Å². The molecule has 8 nitrogen and oxygen atoms in total. The molecule has 0 spiro atoms. The standard InChI is InChI=1S/C10H10N4O4S/c11-19(16,17)8-3-1-7(2-4-8)13-10(15)14-9-5-6-12-18-9/h1-6H,(H2,11,16,17)(H2,13,14,15). The molecule has 0 atom stereocenters. The molecule has 0 saturated heterocycles. The molecule has 0 aliphatic rings. The Hall–Kier alpha value is -2.39. The number of benzene rings is 1. The second kappa shape index (κ2) is 5.08. The van der Waals surface area contributed by atoms with Crippen LogP contribution in [0.25, 0.3) is 0 Å². The number of hydrogen-bond donors (Lipinski definition) is 3. The molecule has 1 aromatic carbocycles. The molecule has 0 aliphatic heterocycles. The topological polar surface area (TPSA) is 127 Å². The maximum absolute atomic E-state index is 11.5. The van der Waals surface area contributed by atoms with E-state index in [0.29, 0.717) is 5.69 Å². The smallest absolute Gasteiger partial charge is 0.326 e. The van der Waals surface area contributed by atoms with E-state index < -0.39 is 16.1 Å². The molecule has 0 saturated carbocycles. The van der Waals surface area contributed by atoms with Gasteiger partial charge in [-0.25, -0.2) is 18.4 Å². The molecule has 0 aliphatic carbocycles. The summed E-state index contributed by atoms with van der Waals surface area (Å²) in [6.45, 7) is 0. The lowest BCUT2D eigenvalue weighted by Gasteiger charge is -2.05. The Balaban J connectivity index is 2.02. The Morgan fingerprint density at radius 3 is 2.37 bits per heavy atom. The van der Waals surface area contributed by atoms with Gasteiger partial charge in [0.2, 0.25) is 15.9 Å². The maximum Gasteiger partial charge on any atom is 0.326 e. The van der Waals surface area contributed by atoms with Crippen molar-refractivity contribution >= 4 is 27.6 Å². The zero-order chi connectivity index (χ0) is 13.9. The zero-order valence-electron chi connectivity index (χ0n) is 9.53. The van der Waals surface area contributed by atoms with Crippen LogP contribution in [0, 0.1) is 0 Å². The number of nitrogens with zero attached hydrogens (tertiary/aromatic N) is 1. The van der Waals surface area contributed by atoms with Gasteiger partial charge in [-0.05, 0) is 24.3 Å². The number of nitrogens with two attached hydrogens (primary N) is 1. The molecule has 4 N–H and O–H groups in total. The van der Waals surface area contributed by atoms with Crippen LogP contribution in [0.5, 0.6) is 0 Å². The summed E-state index contributed by atoms with van der Waals surface area (Å²) < 4.78 is 26.8. The number of aromatic nitrogens is 1. The molecule has 2 aromatic rings. The zero-order valence-corrected chi connectivity index (χ0v) is 10.3. The van der Waals surface area contributed by atoms with Gasteiger partial charge in [-0.3, -0.25) is 5.32 Å². The summed E-state index contributed by atoms with van der Waals surface area (Å²) in [5, 5.41) is 13.3. The minimum atomic E-state index is -3.74. The van der Waals surface area contributed by atoms with Gasteiger partial charge in [0.05, 0.1) is 11.1 Å². The van der Waals surface area contributed by atoms with E-state index in [0.717, 1.165) is 0 Å². The van der Waals surface area contributed by atoms with Crippen molar-refractivity contribution in [3.05, 3.63) is 36.5 Å². The number of carbonyl (C=O) groups excluding carboxylic acids is 1. The van der Waals surface area contributed by atoms with Crippen molar-refractivity contribution in [1.29, 1.82) is 0 Å². The largest absolute Gasteiger partial charge is 0.338 e. The highest BCUT2D eigenvalue weighted by molar-refractivity contribution is 7.89. The Kier molecular flexibility index (Phi) is 3.49. The highest BCUT2D eigenvalue weighted by Gasteiger charge is 2.08. The summed E-state index contributed by atoms with van der Waals surface area (Å²) >= 11 is 0. The van der Waals surface area contributed by atoms with Gasteiger partial charge < -0.3 is 9.84 Å². The van der Waals surface area contributed by atoms with Gasteiger partial charge in [-0.15, -0.1) is 0 Å². The average molecular weight is 282 g/mol. The number of hydrogen-bond acceptors (Lipinski definition) is 5. The van der Waals surface area contributed by atoms with E-state index in [-0.39, 0.29) is 10.8 Å². The molecule has 9 heteroatoms. The fraction of sp³-hybridized carbons (Fsp3) is 0. The summed E-state index contributed by atoms with van der Waals surface area (Å²) in [5.41, 5.74) is 0.407. The lowest BCUT2D eigenvalue weighted by molar-refractivity contribution is 0.261. The second-order valence-electron chi connectivity index (χ2n) is 3.53. The number of rotatable bonds is 3. The monoisotopic (exact) mass is 282 g/mol. The molecule has 1 aromatic heterocycles. The third-order valence-electron chi connectivity index (χ3n) is 2.12. The van der Waals surface area contributed by atoms with Crippen LogP contribution in [0.2, 0.25) is 0 Å². The van der Waals surface area contributed by atoms with Crippen LogP contribution < -0.4 is 15.8 Å². The number of sulfonamides is 1. The normalized spacial score (nSPS) is 11.0. The second-order valence-corrected chi connectivity index (χ2v) is 5.09. The van der Waals surface area contributed by atoms with Crippen LogP contribution in [0.15, 0.2) is 45.9 Å². The number of anilines is 2. The Morgan fingerprint density at radius 1 is 1.16 bits per heavy atom. The predicted molar refractivity (Wildman–Crippen MR) is 67.0 cm³/mol. The highest BCUT2D eigenvalue weighted by atomic mass is 32.2. The number of urea groups is 1. The summed E-state index contributed by atoms with van der Waals surface area (Å²) in [4.78, 5) is 11.5. The van der Waals surface area contributed by atoms with Crippen molar-refractivity contribution in [2.24, 2.45) is 5.14 Å². The SMILES string of the molecule is NS(=O)(=O)c1ccc(NC(=O)Nc2ccno2)cc1. The van der Waals surface area contributed by atoms with Crippen LogP contribution in [0.3, 0.4) is 0 Å². The third kappa shape index (κ3) is 3.53. The minimum absolute atomic E-state index is 0.0336. The van der Waals surface area contributed by atoms with Crippen molar-refractivity contribution in [3.63, 3.8) is 0 Å². The van der Waals surface area contributed by atoms with Gasteiger partial charge in [-0.1, -0.05) is 5.16 Å². The van der Waals surface area contributed by atoms with Crippen LogP contribution in [-0.2, 0) is 10.0 Å². The Labute approximate surface area is 108 Å². The van der Waals surface area contributed by atoms with E-state index in [1.807, 2.05) is 0 Å². The van der Waals surface area contributed by atoms with Gasteiger partial charge in [0, 0.05) is 11.8 Å². The van der Waals surface area contributed by atoms with E-state index in [1.165, 1.54) is 36.5 Å². The van der Waals surface area contributed by atoms with E-state index in [2.05, 4.69) is 20.3 Å². The van der Waals surface area contributed by atoms with Gasteiger partial charge in [0.25, 0.3) is 0 Å². The Morgan fingerprint density at radius 2 is 1.84 bits per heavy atom. The maximum atomic E-state index is 11.5. The van der Waals surface area contributed by atoms with Crippen LogP contribution in [-0.4, -0.2) is 19.6 Å². The van der Waals surface area contributed by atoms with Crippen molar-refractivity contribution in [3.8, 4) is 0 Å². The summed E-state index contributed by atoms with van der Waals surface area (Å²) in [7, 11) is -3.74. The molecular formula is C10H10N4O4S. The summed E-state index contributed by atoms with van der Waals surface area (Å²) in [6.07, 6.45) is 1.39. The first-order valence-electron chi connectivity index (χ1n) is 5.07. The molecule has 0 fully saturated rings. The van der Waals surface area contributed by atoms with Gasteiger partial charge >= 0.3 is 6.03 Å². The van der Waals surface area contributed by atoms with Crippen molar-refractivity contribution < 1.29 is 17.7 Å². The fourth-order valence-corrected chi connectivity index (χ4v) is 1.80. The highest BCUT2D eigenvalue weighted by Crippen LogP contribution is 2.13. The first kappa shape index (κ1) is 13.1. The molecule has 19 heavy (non-hydrogen) atoms. The van der Waals surface area contributed by atoms with Gasteiger partial charge in [0.1, 0.15) is 0 Å². The predicted octanol–water partition coefficient (Wildman–Crippen LogP) is 0.966. The first-order valence-corrected chi connectivity index (χ1v) is 6.61. The lowest BCUT2D eigenvalue weighted by atomic mass is 10.3. The molecule has 2 rings (SSSR count). The number of amides is 2. The van der Waals surface area contributed by atoms with E-state index >= 15 is 0 Å². The minimum Gasteiger partial charge on any atom is -0.338 e. The summed E-state index contributed by atoms with van der Waals surface area (Å²) in [5.74, 6) is 0.193. The van der Waals surface area contributed by atoms with Gasteiger partial charge in [0.15, 0.2) is 0 Å². The molecule has 0 unspecified atom stereocenters. The molecule has 2 amide bonds. The number of nitrogens with one attached hydrogen (secondary N) is 2. The average Bonchev–Trinajstić information content (AvgIpc) is 2.81. The molecule has 0 radical (unpaired) electrons. The summed E-state index contributed by atoms with van der Waals surface area (Å²) in [6, 6.07) is 6.35. The fourth-order valence-electron chi connectivity index (χ4n) is 1.28. The van der Waals surface area contributed by atoms with E-state index in [1.54, 1.807) is 0 Å². The number of primary sulfonamides is 1. The van der Waals surface area contributed by atoms with Crippen LogP contribution >= 0.6 is 0 Å². The van der Waals surface area contributed by atoms with Crippen molar-refractivity contribution in [2.45, 2.75) is 4.90 Å². The molecular weight excluding hydrogens is 272 g/mol. The third-order valence-corrected chi connectivity index (χ3v) is 3.04. The van der Waals surface area contributed by atoms with Crippen molar-refractivity contribution in [2.75, 3.05) is 10.6 Å². The lowest BCUT2D eigenvalue weighted by Crippen LogP contribution is -2.19. The quantitative estimate of drug-likeness (QED) is 0.772. The Bertz CT molecular complexity index is 664. The van der Waals surface area contributed by atoms with Crippen LogP contribution in [0.1, 0.15) is 0 Å². The molecule has 1 heterocycles. The van der Waals surface area contributed by atoms with Crippen molar-refractivity contribution in [1.82, 2.24) is 5.16 Å². The van der Waals surface area contributed by atoms with E-state index in [4.69, 9.17) is 5.14 Å². The molecule has 100 valence electrons.